The lowest BCUT2D eigenvalue weighted by Crippen LogP contribution is -2.48. The summed E-state index contributed by atoms with van der Waals surface area (Å²) >= 11 is 1.59. The van der Waals surface area contributed by atoms with Gasteiger partial charge in [-0.25, -0.2) is 9.97 Å². The molecule has 1 aliphatic heterocycles. The molecule has 2 aromatic heterocycles. The number of nitrogens with one attached hydrogen (secondary N) is 1. The van der Waals surface area contributed by atoms with Gasteiger partial charge in [0.1, 0.15) is 11.6 Å². The molecule has 1 amide bonds. The number of hydrogen-bond acceptors (Lipinski definition) is 7. The van der Waals surface area contributed by atoms with E-state index in [0.717, 1.165) is 84.6 Å². The van der Waals surface area contributed by atoms with Crippen LogP contribution in [-0.4, -0.2) is 83.9 Å². The van der Waals surface area contributed by atoms with Crippen molar-refractivity contribution in [2.75, 3.05) is 58.7 Å². The number of thiophene rings is 1. The molecule has 0 unspecified atom stereocenters. The van der Waals surface area contributed by atoms with E-state index in [9.17, 15) is 4.79 Å². The Kier molecular flexibility index (Phi) is 7.65. The molecule has 0 spiro atoms. The molecule has 1 saturated heterocycles. The highest BCUT2D eigenvalue weighted by molar-refractivity contribution is 7.20. The quantitative estimate of drug-likeness (QED) is 0.476. The predicted octanol–water partition coefficient (Wildman–Crippen LogP) is 2.61. The summed E-state index contributed by atoms with van der Waals surface area (Å²) in [5, 5.41) is 6.91. The van der Waals surface area contributed by atoms with Crippen molar-refractivity contribution in [1.29, 1.82) is 0 Å². The van der Waals surface area contributed by atoms with Crippen molar-refractivity contribution >= 4 is 45.3 Å². The summed E-state index contributed by atoms with van der Waals surface area (Å²) in [4.78, 5) is 30.4. The molecule has 1 aliphatic carbocycles. The first-order valence-corrected chi connectivity index (χ1v) is 13.8. The van der Waals surface area contributed by atoms with Gasteiger partial charge in [0.25, 0.3) is 5.91 Å². The van der Waals surface area contributed by atoms with Crippen LogP contribution in [0.2, 0.25) is 0 Å². The molecule has 3 heterocycles. The number of piperazine rings is 1. The lowest BCUT2D eigenvalue weighted by Gasteiger charge is -2.34. The summed E-state index contributed by atoms with van der Waals surface area (Å²) in [5.74, 6) is 2.45. The van der Waals surface area contributed by atoms with Crippen LogP contribution in [0.4, 0.5) is 5.82 Å². The number of fused-ring (bicyclic) bond motifs is 2. The maximum Gasteiger partial charge on any atom is 0.264 e. The Bertz CT molecular complexity index is 1310. The number of rotatable bonds is 8. The van der Waals surface area contributed by atoms with Crippen LogP contribution in [0.1, 0.15) is 35.3 Å². The van der Waals surface area contributed by atoms with E-state index in [2.05, 4.69) is 60.4 Å². The fraction of sp³-hybridized carbons (Fsp3) is 0.464. The summed E-state index contributed by atoms with van der Waals surface area (Å²) < 4.78 is 1.17. The molecule has 2 aliphatic rings. The van der Waals surface area contributed by atoms with Gasteiger partial charge in [-0.2, -0.15) is 0 Å². The second-order valence-corrected chi connectivity index (χ2v) is 11.3. The van der Waals surface area contributed by atoms with E-state index in [-0.39, 0.29) is 5.91 Å². The fourth-order valence-corrected chi connectivity index (χ4v) is 5.90. The predicted molar refractivity (Wildman–Crippen MR) is 149 cm³/mol. The summed E-state index contributed by atoms with van der Waals surface area (Å²) in [6.07, 6.45) is 6.63. The van der Waals surface area contributed by atoms with Crippen LogP contribution >= 0.6 is 11.3 Å². The smallest absolute Gasteiger partial charge is 0.264 e. The Morgan fingerprint density at radius 3 is 2.75 bits per heavy atom. The molecule has 1 fully saturated rings. The molecule has 5 rings (SSSR count). The fourth-order valence-electron chi connectivity index (χ4n) is 4.86. The second-order valence-electron chi connectivity index (χ2n) is 10.2. The molecule has 0 radical (unpaired) electrons. The first-order valence-electron chi connectivity index (χ1n) is 12.9. The van der Waals surface area contributed by atoms with Crippen LogP contribution < -0.4 is 15.9 Å². The van der Waals surface area contributed by atoms with Gasteiger partial charge in [-0.05, 0) is 56.9 Å². The summed E-state index contributed by atoms with van der Waals surface area (Å²) in [6.45, 7) is 7.99. The van der Waals surface area contributed by atoms with E-state index < -0.39 is 0 Å². The zero-order valence-electron chi connectivity index (χ0n) is 21.5. The number of benzene rings is 1. The number of hydrogen-bond donors (Lipinski definition) is 1. The third-order valence-corrected chi connectivity index (χ3v) is 8.00. The van der Waals surface area contributed by atoms with Crippen molar-refractivity contribution in [3.63, 3.8) is 0 Å². The molecular weight excluding hydrogens is 468 g/mol. The van der Waals surface area contributed by atoms with Gasteiger partial charge >= 0.3 is 0 Å². The van der Waals surface area contributed by atoms with Crippen molar-refractivity contribution in [2.45, 2.75) is 26.3 Å². The number of aromatic nitrogens is 2. The van der Waals surface area contributed by atoms with Crippen molar-refractivity contribution in [2.24, 2.45) is 5.92 Å². The molecule has 1 N–H and O–H groups in total. The maximum atomic E-state index is 13.1. The summed E-state index contributed by atoms with van der Waals surface area (Å²) in [7, 11) is 4.20. The third-order valence-electron chi connectivity index (χ3n) is 6.89. The second kappa shape index (κ2) is 11.1. The van der Waals surface area contributed by atoms with Gasteiger partial charge < -0.3 is 15.1 Å². The highest BCUT2D eigenvalue weighted by atomic mass is 32.1. The minimum Gasteiger partial charge on any atom is -0.369 e. The molecule has 36 heavy (non-hydrogen) atoms. The molecule has 1 aromatic carbocycles. The Balaban J connectivity index is 1.24. The van der Waals surface area contributed by atoms with Gasteiger partial charge in [0.15, 0.2) is 0 Å². The van der Waals surface area contributed by atoms with Gasteiger partial charge in [-0.15, -0.1) is 11.3 Å². The highest BCUT2D eigenvalue weighted by Crippen LogP contribution is 2.26. The van der Waals surface area contributed by atoms with E-state index in [1.165, 1.54) is 4.70 Å². The Labute approximate surface area is 217 Å². The molecule has 1 atom stereocenters. The topological polar surface area (TPSA) is 64.6 Å². The lowest BCUT2D eigenvalue weighted by molar-refractivity contribution is 0.0630. The van der Waals surface area contributed by atoms with E-state index in [1.54, 1.807) is 11.3 Å². The van der Waals surface area contributed by atoms with E-state index in [4.69, 9.17) is 9.97 Å². The molecule has 0 bridgehead atoms. The molecule has 190 valence electrons. The van der Waals surface area contributed by atoms with Crippen LogP contribution in [-0.2, 0) is 6.54 Å². The maximum absolute atomic E-state index is 13.1. The first-order chi connectivity index (χ1) is 17.5. The number of amides is 1. The minimum absolute atomic E-state index is 0.143. The minimum atomic E-state index is 0.143. The van der Waals surface area contributed by atoms with Crippen LogP contribution in [0.3, 0.4) is 0 Å². The van der Waals surface area contributed by atoms with Crippen LogP contribution in [0, 0.1) is 5.92 Å². The Hall–Kier alpha value is -2.81. The SMILES string of the molecule is C[C@H]1C=c2c(NCCCN(C)C)nc(CN3CCN(C(=O)c4cc5ccccc5s4)CC3)nc2=CC1. The van der Waals surface area contributed by atoms with Gasteiger partial charge in [-0.1, -0.05) is 37.3 Å². The van der Waals surface area contributed by atoms with E-state index >= 15 is 0 Å². The van der Waals surface area contributed by atoms with E-state index in [1.807, 2.05) is 23.1 Å². The van der Waals surface area contributed by atoms with Crippen molar-refractivity contribution in [3.8, 4) is 0 Å². The van der Waals surface area contributed by atoms with Gasteiger partial charge in [-0.3, -0.25) is 9.69 Å². The van der Waals surface area contributed by atoms with Crippen LogP contribution in [0.25, 0.3) is 22.2 Å². The normalized spacial score (nSPS) is 18.1. The highest BCUT2D eigenvalue weighted by Gasteiger charge is 2.24. The van der Waals surface area contributed by atoms with Gasteiger partial charge in [0, 0.05) is 42.6 Å². The summed E-state index contributed by atoms with van der Waals surface area (Å²) in [6, 6.07) is 10.2. The summed E-state index contributed by atoms with van der Waals surface area (Å²) in [5.41, 5.74) is 0. The zero-order chi connectivity index (χ0) is 25.1. The average molecular weight is 505 g/mol. The lowest BCUT2D eigenvalue weighted by atomic mass is 10.0. The average Bonchev–Trinajstić information content (AvgIpc) is 3.31. The van der Waals surface area contributed by atoms with Crippen molar-refractivity contribution < 1.29 is 4.79 Å². The van der Waals surface area contributed by atoms with Crippen molar-refractivity contribution in [1.82, 2.24) is 24.7 Å². The molecule has 7 nitrogen and oxygen atoms in total. The Morgan fingerprint density at radius 1 is 1.17 bits per heavy atom. The number of carbonyl (C=O) groups excluding carboxylic acids is 1. The molecule has 3 aromatic rings. The third kappa shape index (κ3) is 5.77. The largest absolute Gasteiger partial charge is 0.369 e. The standard InChI is InChI=1S/C28H36N6OS/c1-20-9-10-23-22(17-20)27(29-11-6-12-32(2)3)31-26(30-23)19-33-13-15-34(16-14-33)28(35)25-18-21-7-4-5-8-24(21)36-25/h4-5,7-8,10,17-18,20H,6,9,11-16,19H2,1-3H3,(H,29,30,31)/t20-/m1/s1. The molecule has 0 saturated carbocycles. The molecular formula is C28H36N6OS. The number of anilines is 1. The number of nitrogens with zero attached hydrogens (tertiary/aromatic N) is 5. The monoisotopic (exact) mass is 504 g/mol. The zero-order valence-corrected chi connectivity index (χ0v) is 22.4. The van der Waals surface area contributed by atoms with Gasteiger partial charge in [0.05, 0.1) is 16.8 Å². The van der Waals surface area contributed by atoms with Crippen LogP contribution in [0.5, 0.6) is 0 Å². The van der Waals surface area contributed by atoms with Gasteiger partial charge in [0.2, 0.25) is 0 Å². The van der Waals surface area contributed by atoms with E-state index in [0.29, 0.717) is 12.5 Å². The number of carbonyl (C=O) groups is 1. The van der Waals surface area contributed by atoms with Crippen molar-refractivity contribution in [3.05, 3.63) is 51.6 Å². The van der Waals surface area contributed by atoms with Crippen LogP contribution in [0.15, 0.2) is 30.3 Å². The Morgan fingerprint density at radius 2 is 1.97 bits per heavy atom. The molecule has 8 heteroatoms. The first kappa shape index (κ1) is 24.9.